The number of hydrogen-bond donors (Lipinski definition) is 7. The van der Waals surface area contributed by atoms with Gasteiger partial charge in [-0.15, -0.1) is 0 Å². The Hall–Kier alpha value is -1.09. The molecule has 0 aromatic heterocycles. The van der Waals surface area contributed by atoms with Crippen LogP contribution in [-0.2, 0) is 9.47 Å². The van der Waals surface area contributed by atoms with Gasteiger partial charge in [-0.3, -0.25) is 9.80 Å². The van der Waals surface area contributed by atoms with Crippen molar-refractivity contribution in [2.45, 2.75) is 64.2 Å². The molecule has 1 fully saturated rings. The first-order chi connectivity index (χ1) is 12.5. The van der Waals surface area contributed by atoms with E-state index in [0.717, 1.165) is 4.90 Å². The van der Waals surface area contributed by atoms with Crippen molar-refractivity contribution in [2.24, 2.45) is 5.92 Å². The maximum atomic E-state index is 12.6. The summed E-state index contributed by atoms with van der Waals surface area (Å²) in [7, 11) is 0. The van der Waals surface area contributed by atoms with Crippen LogP contribution in [0.1, 0.15) is 20.8 Å². The number of nitrogens with zero attached hydrogens (tertiary/aromatic N) is 2. The molecule has 0 radical (unpaired) electrons. The monoisotopic (exact) mass is 398 g/mol. The van der Waals surface area contributed by atoms with Gasteiger partial charge in [0.1, 0.15) is 6.23 Å². The van der Waals surface area contributed by atoms with Crippen molar-refractivity contribution in [1.82, 2.24) is 9.80 Å². The largest absolute Gasteiger partial charge is 0.391 e. The molecule has 27 heavy (non-hydrogen) atoms. The lowest BCUT2D eigenvalue weighted by Gasteiger charge is -2.46. The van der Waals surface area contributed by atoms with Crippen LogP contribution in [0.15, 0.2) is 0 Å². The Labute approximate surface area is 156 Å². The standard InChI is InChI=1S/C15H30N2O10/c1-7-4-16(11(21)13(23)26-5-8(2)18)15(25)17(10(7)20)12(22)14(24)27-6-9(3)19/h7-14,18-24H,4-6H2,1-3H3. The molecule has 2 amide bonds. The zero-order chi connectivity index (χ0) is 20.9. The van der Waals surface area contributed by atoms with E-state index in [4.69, 9.17) is 19.7 Å². The summed E-state index contributed by atoms with van der Waals surface area (Å²) in [5, 5.41) is 68.6. The van der Waals surface area contributed by atoms with E-state index >= 15 is 0 Å². The van der Waals surface area contributed by atoms with Gasteiger partial charge in [0, 0.05) is 12.5 Å². The van der Waals surface area contributed by atoms with E-state index in [1.54, 1.807) is 0 Å². The number of hydrogen-bond acceptors (Lipinski definition) is 10. The molecule has 0 aliphatic carbocycles. The highest BCUT2D eigenvalue weighted by Gasteiger charge is 2.46. The molecule has 8 unspecified atom stereocenters. The minimum atomic E-state index is -2.00. The third-order valence-electron chi connectivity index (χ3n) is 3.88. The fourth-order valence-corrected chi connectivity index (χ4v) is 2.45. The van der Waals surface area contributed by atoms with E-state index in [-0.39, 0.29) is 19.8 Å². The molecular formula is C15H30N2O10. The Bertz CT molecular complexity index is 466. The summed E-state index contributed by atoms with van der Waals surface area (Å²) < 4.78 is 9.68. The van der Waals surface area contributed by atoms with Crippen LogP contribution in [0.5, 0.6) is 0 Å². The lowest BCUT2D eigenvalue weighted by Crippen LogP contribution is -2.67. The van der Waals surface area contributed by atoms with Crippen LogP contribution in [0.2, 0.25) is 0 Å². The maximum Gasteiger partial charge on any atom is 0.326 e. The van der Waals surface area contributed by atoms with Gasteiger partial charge in [-0.1, -0.05) is 6.92 Å². The first-order valence-electron chi connectivity index (χ1n) is 8.56. The van der Waals surface area contributed by atoms with Crippen LogP contribution in [0, 0.1) is 5.92 Å². The Morgan fingerprint density at radius 2 is 1.41 bits per heavy atom. The second-order valence-corrected chi connectivity index (χ2v) is 6.71. The van der Waals surface area contributed by atoms with Crippen LogP contribution >= 0.6 is 0 Å². The van der Waals surface area contributed by atoms with Gasteiger partial charge in [0.15, 0.2) is 12.5 Å². The average Bonchev–Trinajstić information content (AvgIpc) is 2.59. The molecule has 1 saturated heterocycles. The topological polar surface area (TPSA) is 184 Å². The van der Waals surface area contributed by atoms with Gasteiger partial charge in [-0.05, 0) is 13.8 Å². The molecule has 0 aromatic rings. The molecule has 8 atom stereocenters. The summed E-state index contributed by atoms with van der Waals surface area (Å²) in [6, 6.07) is -1.08. The number of rotatable bonds is 10. The third kappa shape index (κ3) is 6.48. The fraction of sp³-hybridized carbons (Fsp3) is 0.933. The van der Waals surface area contributed by atoms with E-state index < -0.39 is 55.4 Å². The van der Waals surface area contributed by atoms with E-state index in [9.17, 15) is 30.3 Å². The molecule has 0 spiro atoms. The summed E-state index contributed by atoms with van der Waals surface area (Å²) in [6.45, 7) is 3.50. The van der Waals surface area contributed by atoms with Crippen molar-refractivity contribution in [3.63, 3.8) is 0 Å². The maximum absolute atomic E-state index is 12.6. The molecule has 1 aliphatic rings. The number of aliphatic hydroxyl groups excluding tert-OH is 7. The Kier molecular flexibility index (Phi) is 9.27. The predicted octanol–water partition coefficient (Wildman–Crippen LogP) is -3.25. The van der Waals surface area contributed by atoms with Gasteiger partial charge in [-0.25, -0.2) is 4.79 Å². The number of urea groups is 1. The quantitative estimate of drug-likeness (QED) is 0.184. The molecule has 0 saturated carbocycles. The number of aliphatic hydroxyl groups is 7. The van der Waals surface area contributed by atoms with Gasteiger partial charge in [-0.2, -0.15) is 0 Å². The SMILES string of the molecule is CC(O)COC(O)C(O)N1CC(C)C(O)N(C(O)C(O)OCC(C)O)C1=O. The molecule has 1 aliphatic heterocycles. The zero-order valence-corrected chi connectivity index (χ0v) is 15.5. The highest BCUT2D eigenvalue weighted by molar-refractivity contribution is 5.76. The van der Waals surface area contributed by atoms with Gasteiger partial charge < -0.3 is 45.2 Å². The number of carbonyl (C=O) groups is 1. The Balaban J connectivity index is 2.87. The van der Waals surface area contributed by atoms with Crippen LogP contribution in [0.25, 0.3) is 0 Å². The zero-order valence-electron chi connectivity index (χ0n) is 15.5. The van der Waals surface area contributed by atoms with Gasteiger partial charge in [0.05, 0.1) is 25.4 Å². The van der Waals surface area contributed by atoms with Crippen molar-refractivity contribution in [1.29, 1.82) is 0 Å². The average molecular weight is 398 g/mol. The van der Waals surface area contributed by atoms with Crippen molar-refractivity contribution in [3.8, 4) is 0 Å². The number of ether oxygens (including phenoxy) is 2. The lowest BCUT2D eigenvalue weighted by atomic mass is 10.1. The van der Waals surface area contributed by atoms with Crippen molar-refractivity contribution in [2.75, 3.05) is 19.8 Å². The summed E-state index contributed by atoms with van der Waals surface area (Å²) in [5.74, 6) is -0.681. The summed E-state index contributed by atoms with van der Waals surface area (Å²) in [6.07, 6.45) is -11.0. The van der Waals surface area contributed by atoms with E-state index in [1.165, 1.54) is 20.8 Å². The smallest absolute Gasteiger partial charge is 0.326 e. The van der Waals surface area contributed by atoms with Crippen LogP contribution in [0.4, 0.5) is 4.79 Å². The second-order valence-electron chi connectivity index (χ2n) is 6.71. The molecule has 1 heterocycles. The van der Waals surface area contributed by atoms with E-state index in [0.29, 0.717) is 4.90 Å². The van der Waals surface area contributed by atoms with Crippen LogP contribution in [-0.4, -0.2) is 115 Å². The minimum Gasteiger partial charge on any atom is -0.391 e. The number of carbonyl (C=O) groups excluding carboxylic acids is 1. The highest BCUT2D eigenvalue weighted by atomic mass is 16.6. The molecule has 7 N–H and O–H groups in total. The highest BCUT2D eigenvalue weighted by Crippen LogP contribution is 2.25. The first-order valence-corrected chi connectivity index (χ1v) is 8.56. The van der Waals surface area contributed by atoms with E-state index in [1.807, 2.05) is 0 Å². The van der Waals surface area contributed by atoms with Crippen molar-refractivity contribution < 1.29 is 50.0 Å². The fourth-order valence-electron chi connectivity index (χ4n) is 2.45. The van der Waals surface area contributed by atoms with E-state index in [2.05, 4.69) is 0 Å². The number of amides is 2. The molecule has 12 heteroatoms. The Morgan fingerprint density at radius 1 is 0.963 bits per heavy atom. The molecule has 1 rings (SSSR count). The molecule has 12 nitrogen and oxygen atoms in total. The summed E-state index contributed by atoms with van der Waals surface area (Å²) >= 11 is 0. The molecule has 0 aromatic carbocycles. The summed E-state index contributed by atoms with van der Waals surface area (Å²) in [4.78, 5) is 13.8. The Morgan fingerprint density at radius 3 is 1.85 bits per heavy atom. The second kappa shape index (κ2) is 10.5. The van der Waals surface area contributed by atoms with Crippen LogP contribution in [0.3, 0.4) is 0 Å². The minimum absolute atomic E-state index is 0.176. The lowest BCUT2D eigenvalue weighted by molar-refractivity contribution is -0.249. The summed E-state index contributed by atoms with van der Waals surface area (Å²) in [5.41, 5.74) is 0. The van der Waals surface area contributed by atoms with Crippen molar-refractivity contribution >= 4 is 6.03 Å². The van der Waals surface area contributed by atoms with Crippen molar-refractivity contribution in [3.05, 3.63) is 0 Å². The molecule has 0 bridgehead atoms. The molecular weight excluding hydrogens is 368 g/mol. The van der Waals surface area contributed by atoms with Gasteiger partial charge >= 0.3 is 6.03 Å². The normalized spacial score (nSPS) is 27.9. The predicted molar refractivity (Wildman–Crippen MR) is 88.4 cm³/mol. The van der Waals surface area contributed by atoms with Gasteiger partial charge in [0.2, 0.25) is 12.6 Å². The van der Waals surface area contributed by atoms with Crippen LogP contribution < -0.4 is 0 Å². The first kappa shape index (κ1) is 23.9. The third-order valence-corrected chi connectivity index (χ3v) is 3.88. The van der Waals surface area contributed by atoms with Gasteiger partial charge in [0.25, 0.3) is 0 Å². The molecule has 160 valence electrons.